The fourth-order valence-electron chi connectivity index (χ4n) is 3.51. The van der Waals surface area contributed by atoms with Crippen molar-refractivity contribution in [1.29, 1.82) is 0 Å². The number of carboxylic acids is 1. The average molecular weight is 1080 g/mol. The minimum absolute atomic E-state index is 0. The van der Waals surface area contributed by atoms with Gasteiger partial charge in [-0.05, 0) is 32.0 Å². The number of aromatic hydroxyl groups is 1. The Morgan fingerprint density at radius 3 is 1.79 bits per heavy atom. The van der Waals surface area contributed by atoms with Crippen molar-refractivity contribution in [3.8, 4) is 17.2 Å². The van der Waals surface area contributed by atoms with Crippen LogP contribution in [0.2, 0.25) is 30.1 Å². The first-order valence-electron chi connectivity index (χ1n) is 14.8. The van der Waals surface area contributed by atoms with Crippen LogP contribution in [0, 0.1) is 0 Å². The van der Waals surface area contributed by atoms with Crippen LogP contribution in [0.4, 0.5) is 4.39 Å². The molecule has 3 aromatic carbocycles. The largest absolute Gasteiger partial charge is 1.00 e. The SMILES string of the molecule is C.CCOC(=O)C1Oc2cc(Cl)c(Cl)cc2C1=O.CCOC(=O)CBr.Cl.O=C(O)c1cc(Cl)c(Cl)cc1O.O=C1COc2cc(Cl)c(Cl)cc21.O=CO[O-].[2HH].[2H]CF.[H-].[K+].[K+]. The number of carbonyl (C=O) groups excluding carboxylic acids is 5. The minimum atomic E-state index is -1.25. The van der Waals surface area contributed by atoms with E-state index in [0.717, 1.165) is 12.1 Å². The van der Waals surface area contributed by atoms with Gasteiger partial charge in [0.2, 0.25) is 11.6 Å². The third-order valence-electron chi connectivity index (χ3n) is 5.68. The van der Waals surface area contributed by atoms with Gasteiger partial charge >= 0.3 is 121 Å². The molecule has 316 valence electrons. The van der Waals surface area contributed by atoms with Gasteiger partial charge in [0.05, 0.1) is 63.0 Å². The Bertz CT molecular complexity index is 1840. The maximum Gasteiger partial charge on any atom is 1.00 e. The van der Waals surface area contributed by atoms with Crippen molar-refractivity contribution in [3.63, 3.8) is 0 Å². The van der Waals surface area contributed by atoms with E-state index in [1.54, 1.807) is 19.9 Å². The zero-order chi connectivity index (χ0) is 42.4. The molecule has 0 saturated carbocycles. The molecule has 0 amide bonds. The number of carbonyl (C=O) groups is 6. The topological polar surface area (TPSA) is 212 Å². The van der Waals surface area contributed by atoms with Crippen molar-refractivity contribution in [2.75, 3.05) is 32.3 Å². The van der Waals surface area contributed by atoms with Gasteiger partial charge in [0.25, 0.3) is 12.6 Å². The van der Waals surface area contributed by atoms with Gasteiger partial charge in [-0.1, -0.05) is 93.0 Å². The monoisotopic (exact) mass is 1080 g/mol. The molecule has 2 N–H and O–H groups in total. The van der Waals surface area contributed by atoms with Crippen LogP contribution in [-0.4, -0.2) is 84.6 Å². The predicted octanol–water partition coefficient (Wildman–Crippen LogP) is 2.86. The van der Waals surface area contributed by atoms with Gasteiger partial charge in [-0.3, -0.25) is 23.6 Å². The van der Waals surface area contributed by atoms with Gasteiger partial charge in [-0.25, -0.2) is 9.59 Å². The van der Waals surface area contributed by atoms with Gasteiger partial charge in [0.15, 0.2) is 6.61 Å². The Labute approximate surface area is 466 Å². The number of rotatable bonds is 6. The number of fused-ring (bicyclic) bond motifs is 2. The number of benzene rings is 3. The smallest absolute Gasteiger partial charge is 1.00 e. The van der Waals surface area contributed by atoms with Crippen LogP contribution in [0.25, 0.3) is 0 Å². The van der Waals surface area contributed by atoms with Crippen LogP contribution in [0.1, 0.15) is 56.6 Å². The number of aromatic carboxylic acids is 1. The van der Waals surface area contributed by atoms with Crippen LogP contribution >= 0.6 is 97.9 Å². The first-order chi connectivity index (χ1) is 25.9. The van der Waals surface area contributed by atoms with E-state index in [9.17, 15) is 28.4 Å². The molecule has 1 unspecified atom stereocenters. The number of ketones is 2. The number of hydrogen-bond donors (Lipinski definition) is 2. The van der Waals surface area contributed by atoms with E-state index >= 15 is 0 Å². The summed E-state index contributed by atoms with van der Waals surface area (Å²) in [6.07, 6.45) is -1.25. The van der Waals surface area contributed by atoms with E-state index in [-0.39, 0.29) is 194 Å². The van der Waals surface area contributed by atoms with Crippen molar-refractivity contribution in [1.82, 2.24) is 0 Å². The quantitative estimate of drug-likeness (QED) is 0.0692. The maximum atomic E-state index is 11.8. The Kier molecular flexibility index (Phi) is 40.6. The molecule has 2 aliphatic rings. The zero-order valence-electron chi connectivity index (χ0n) is 31.9. The van der Waals surface area contributed by atoms with E-state index in [2.05, 4.69) is 25.6 Å². The summed E-state index contributed by atoms with van der Waals surface area (Å²) in [5.41, 5.74) is 0.506. The molecule has 5 rings (SSSR count). The predicted molar refractivity (Wildman–Crippen MR) is 215 cm³/mol. The van der Waals surface area contributed by atoms with Crippen LogP contribution < -0.4 is 118 Å². The molecule has 2 aliphatic heterocycles. The number of phenols is 1. The molecule has 0 bridgehead atoms. The number of Topliss-reactive ketones (excluding diaryl/α,β-unsaturated/α-hetero) is 2. The van der Waals surface area contributed by atoms with E-state index in [1.165, 1.54) is 18.2 Å². The molecule has 0 saturated heterocycles. The Morgan fingerprint density at radius 2 is 1.36 bits per heavy atom. The second kappa shape index (κ2) is 36.4. The Hall–Kier alpha value is -0.0473. The van der Waals surface area contributed by atoms with E-state index in [1.807, 2.05) is 0 Å². The second-order valence-electron chi connectivity index (χ2n) is 9.07. The molecule has 14 nitrogen and oxygen atoms in total. The summed E-state index contributed by atoms with van der Waals surface area (Å²) in [5.74, 6) is -2.29. The summed E-state index contributed by atoms with van der Waals surface area (Å²) in [7, 11) is -1.00. The fraction of sp³-hybridized carbons (Fsp3) is 0.273. The number of esters is 2. The molecule has 3 aromatic rings. The first-order valence-corrected chi connectivity index (χ1v) is 17.5. The third kappa shape index (κ3) is 22.9. The number of halogens is 9. The number of alkyl halides is 2. The molecule has 25 heteroatoms. The summed E-state index contributed by atoms with van der Waals surface area (Å²) in [6, 6.07) is 8.09. The van der Waals surface area contributed by atoms with Crippen LogP contribution in [0.15, 0.2) is 36.4 Å². The minimum Gasteiger partial charge on any atom is -1.00 e. The molecule has 0 spiro atoms. The third-order valence-corrected chi connectivity index (χ3v) is 8.30. The normalized spacial score (nSPS) is 11.8. The van der Waals surface area contributed by atoms with Crippen molar-refractivity contribution in [2.24, 2.45) is 0 Å². The van der Waals surface area contributed by atoms with Gasteiger partial charge in [0.1, 0.15) is 28.1 Å². The van der Waals surface area contributed by atoms with E-state index < -0.39 is 36.7 Å². The summed E-state index contributed by atoms with van der Waals surface area (Å²) >= 11 is 37.0. The van der Waals surface area contributed by atoms with Gasteiger partial charge < -0.3 is 40.7 Å². The van der Waals surface area contributed by atoms with Crippen molar-refractivity contribution in [3.05, 3.63) is 83.2 Å². The molecule has 0 fully saturated rings. The average Bonchev–Trinajstić information content (AvgIpc) is 3.65. The van der Waals surface area contributed by atoms with Crippen LogP contribution in [0.5, 0.6) is 17.2 Å². The molecule has 58 heavy (non-hydrogen) atoms. The Morgan fingerprint density at radius 1 is 0.931 bits per heavy atom. The fourth-order valence-corrected chi connectivity index (χ4v) is 4.63. The first kappa shape index (κ1) is 64.6. The standard InChI is InChI=1S/C11H8Cl2O4.C8H4Cl2O2.C7H4Cl2O3.C4H7BrO2.CH3F.CH2O3.CH4.ClH.2K.H2.H/c1-2-16-11(15)10-9(14)5-3-6(12)7(13)4-8(5)17-10;9-5-1-4-7(11)3-12-8(4)2-6(5)10;8-4-1-3(7(11)12)6(10)2-5(4)9;1-2-7-4(6)3-5;1-2;2-1-4-3;;;;;;/h3-4,10H,2H2,1H3;1-2H,3H2;1-2,10H,(H,11,12);2-3H2,1H3;1H3;1,3H;1H4;1H;;;1H;/q;;;;;;;;2*+1;;-1/p-1/i;;;;1D;;;;;;1+1;. The van der Waals surface area contributed by atoms with Gasteiger partial charge in [-0.15, -0.1) is 12.4 Å². The molecule has 0 aliphatic carbocycles. The van der Waals surface area contributed by atoms with E-state index in [4.69, 9.17) is 105 Å². The molecule has 0 aromatic heterocycles. The zero-order valence-corrected chi connectivity index (χ0v) is 43.1. The van der Waals surface area contributed by atoms with Crippen molar-refractivity contribution >= 4 is 134 Å². The molecule has 1 atom stereocenters. The summed E-state index contributed by atoms with van der Waals surface area (Å²) in [5, 5.41) is 27.8. The molecular formula is C33H35BrCl7FK2O14. The number of ether oxygens (including phenoxy) is 4. The second-order valence-corrected chi connectivity index (χ2v) is 12.1. The van der Waals surface area contributed by atoms with E-state index in [0.29, 0.717) is 33.3 Å². The van der Waals surface area contributed by atoms with Gasteiger partial charge in [-0.2, -0.15) is 0 Å². The summed E-state index contributed by atoms with van der Waals surface area (Å²) < 4.78 is 35.0. The van der Waals surface area contributed by atoms with Crippen LogP contribution in [0.3, 0.4) is 0 Å². The van der Waals surface area contributed by atoms with Crippen LogP contribution in [-0.2, 0) is 28.7 Å². The Balaban J connectivity index is -0.000000121. The molecular weight excluding hydrogens is 1050 g/mol. The number of hydrogen-bond acceptors (Lipinski definition) is 13. The van der Waals surface area contributed by atoms with Gasteiger partial charge in [0, 0.05) is 19.6 Å². The number of carboxylic acid groups (broad SMARTS) is 1. The summed E-state index contributed by atoms with van der Waals surface area (Å²) in [6.45, 7) is 3.99. The maximum absolute atomic E-state index is 11.8. The van der Waals surface area contributed by atoms with Crippen molar-refractivity contribution < 1.29 is 179 Å². The summed E-state index contributed by atoms with van der Waals surface area (Å²) in [4.78, 5) is 66.2. The molecule has 0 radical (unpaired) electrons. The molecule has 2 heterocycles. The van der Waals surface area contributed by atoms with Crippen molar-refractivity contribution in [2.45, 2.75) is 27.4 Å².